The number of nitrogens with one attached hydrogen (secondary N) is 1. The van der Waals surface area contributed by atoms with Crippen LogP contribution in [0.3, 0.4) is 0 Å². The normalized spacial score (nSPS) is 18.2. The van der Waals surface area contributed by atoms with E-state index in [0.717, 1.165) is 43.3 Å². The van der Waals surface area contributed by atoms with Gasteiger partial charge >= 0.3 is 0 Å². The fourth-order valence-electron chi connectivity index (χ4n) is 2.78. The second-order valence-corrected chi connectivity index (χ2v) is 5.27. The largest absolute Gasteiger partial charge is 0.377 e. The van der Waals surface area contributed by atoms with Crippen molar-refractivity contribution in [2.45, 2.75) is 31.9 Å². The molecule has 0 bridgehead atoms. The number of hydrogen-bond acceptors (Lipinski definition) is 6. The quantitative estimate of drug-likeness (QED) is 0.927. The number of aromatic amines is 1. The minimum absolute atomic E-state index is 0.0806. The van der Waals surface area contributed by atoms with Crippen LogP contribution in [0, 0.1) is 11.3 Å². The number of rotatable bonds is 4. The first-order valence-corrected chi connectivity index (χ1v) is 7.35. The van der Waals surface area contributed by atoms with Crippen LogP contribution in [0.1, 0.15) is 42.6 Å². The van der Waals surface area contributed by atoms with Crippen molar-refractivity contribution >= 4 is 5.82 Å². The molecule has 0 radical (unpaired) electrons. The molecule has 0 aliphatic carbocycles. The summed E-state index contributed by atoms with van der Waals surface area (Å²) in [7, 11) is 1.63. The molecule has 1 aliphatic rings. The molecule has 1 atom stereocenters. The van der Waals surface area contributed by atoms with Gasteiger partial charge in [-0.2, -0.15) is 10.4 Å². The lowest BCUT2D eigenvalue weighted by molar-refractivity contribution is 0.178. The number of aromatic nitrogens is 4. The summed E-state index contributed by atoms with van der Waals surface area (Å²) in [6.07, 6.45) is 3.21. The Bertz CT molecular complexity index is 677. The van der Waals surface area contributed by atoms with Crippen molar-refractivity contribution in [3.8, 4) is 6.07 Å². The van der Waals surface area contributed by atoms with Gasteiger partial charge in [0.1, 0.15) is 24.2 Å². The topological polar surface area (TPSA) is 90.7 Å². The third-order valence-electron chi connectivity index (χ3n) is 3.77. The van der Waals surface area contributed by atoms with Gasteiger partial charge in [0.05, 0.1) is 6.04 Å². The van der Waals surface area contributed by atoms with Crippen LogP contribution in [0.15, 0.2) is 18.2 Å². The molecule has 2 aromatic heterocycles. The van der Waals surface area contributed by atoms with Gasteiger partial charge in [-0.3, -0.25) is 5.10 Å². The second-order valence-electron chi connectivity index (χ2n) is 5.27. The molecule has 7 heteroatoms. The number of H-pyrrole nitrogens is 1. The number of piperidine rings is 1. The summed E-state index contributed by atoms with van der Waals surface area (Å²) >= 11 is 0. The molecule has 2 aromatic rings. The van der Waals surface area contributed by atoms with Gasteiger partial charge < -0.3 is 9.64 Å². The van der Waals surface area contributed by atoms with E-state index in [1.165, 1.54) is 0 Å². The van der Waals surface area contributed by atoms with E-state index in [0.29, 0.717) is 12.3 Å². The lowest BCUT2D eigenvalue weighted by Crippen LogP contribution is -2.34. The van der Waals surface area contributed by atoms with Gasteiger partial charge in [-0.1, -0.05) is 6.07 Å². The number of nitriles is 1. The van der Waals surface area contributed by atoms with Gasteiger partial charge in [0.25, 0.3) is 0 Å². The molecule has 7 nitrogen and oxygen atoms in total. The number of ether oxygens (including phenoxy) is 1. The molecule has 1 unspecified atom stereocenters. The maximum atomic E-state index is 9.03. The average Bonchev–Trinajstić information content (AvgIpc) is 3.04. The standard InChI is InChI=1S/C15H18N6O/c1-22-10-13-18-15(20-19-13)12-6-2-3-8-21(12)14-7-4-5-11(9-16)17-14/h4-5,7,12H,2-3,6,8,10H2,1H3,(H,18,19,20). The molecule has 1 aliphatic heterocycles. The molecule has 1 fully saturated rings. The van der Waals surface area contributed by atoms with Crippen molar-refractivity contribution in [2.24, 2.45) is 0 Å². The Balaban J connectivity index is 1.88. The lowest BCUT2D eigenvalue weighted by Gasteiger charge is -2.35. The molecule has 0 aromatic carbocycles. The Morgan fingerprint density at radius 2 is 2.32 bits per heavy atom. The number of pyridine rings is 1. The summed E-state index contributed by atoms with van der Waals surface area (Å²) in [4.78, 5) is 11.1. The number of hydrogen-bond donors (Lipinski definition) is 1. The van der Waals surface area contributed by atoms with Crippen LogP contribution in [-0.4, -0.2) is 33.8 Å². The lowest BCUT2D eigenvalue weighted by atomic mass is 10.0. The molecule has 0 amide bonds. The Hall–Kier alpha value is -2.46. The van der Waals surface area contributed by atoms with E-state index in [9.17, 15) is 0 Å². The Morgan fingerprint density at radius 1 is 1.41 bits per heavy atom. The van der Waals surface area contributed by atoms with Crippen molar-refractivity contribution in [1.29, 1.82) is 5.26 Å². The zero-order valence-electron chi connectivity index (χ0n) is 12.5. The van der Waals surface area contributed by atoms with Crippen molar-refractivity contribution in [3.63, 3.8) is 0 Å². The molecule has 0 saturated carbocycles. The second kappa shape index (κ2) is 6.54. The van der Waals surface area contributed by atoms with Gasteiger partial charge in [0, 0.05) is 13.7 Å². The molecule has 1 saturated heterocycles. The highest BCUT2D eigenvalue weighted by Crippen LogP contribution is 2.32. The minimum Gasteiger partial charge on any atom is -0.377 e. The number of anilines is 1. The van der Waals surface area contributed by atoms with Crippen molar-refractivity contribution in [1.82, 2.24) is 20.2 Å². The summed E-state index contributed by atoms with van der Waals surface area (Å²) in [5, 5.41) is 16.3. The van der Waals surface area contributed by atoms with E-state index >= 15 is 0 Å². The van der Waals surface area contributed by atoms with E-state index in [1.807, 2.05) is 12.1 Å². The first-order valence-electron chi connectivity index (χ1n) is 7.35. The van der Waals surface area contributed by atoms with Crippen LogP contribution in [0.5, 0.6) is 0 Å². The maximum absolute atomic E-state index is 9.03. The predicted octanol–water partition coefficient (Wildman–Crippen LogP) is 1.95. The van der Waals surface area contributed by atoms with Crippen LogP contribution in [0.25, 0.3) is 0 Å². The van der Waals surface area contributed by atoms with Crippen LogP contribution in [0.4, 0.5) is 5.82 Å². The van der Waals surface area contributed by atoms with Crippen molar-refractivity contribution < 1.29 is 4.74 Å². The summed E-state index contributed by atoms with van der Waals surface area (Å²) in [6, 6.07) is 7.68. The van der Waals surface area contributed by atoms with Crippen LogP contribution in [-0.2, 0) is 11.3 Å². The summed E-state index contributed by atoms with van der Waals surface area (Å²) in [5.41, 5.74) is 0.428. The van der Waals surface area contributed by atoms with E-state index in [1.54, 1.807) is 13.2 Å². The molecule has 0 spiro atoms. The third kappa shape index (κ3) is 2.92. The highest BCUT2D eigenvalue weighted by Gasteiger charge is 2.28. The summed E-state index contributed by atoms with van der Waals surface area (Å²) in [6.45, 7) is 1.31. The zero-order chi connectivity index (χ0) is 15.4. The van der Waals surface area contributed by atoms with Crippen molar-refractivity contribution in [2.75, 3.05) is 18.6 Å². The Labute approximate surface area is 129 Å². The summed E-state index contributed by atoms with van der Waals surface area (Å²) in [5.74, 6) is 2.29. The van der Waals surface area contributed by atoms with Crippen LogP contribution < -0.4 is 4.90 Å². The van der Waals surface area contributed by atoms with Gasteiger partial charge in [0.2, 0.25) is 0 Å². The SMILES string of the molecule is COCc1nc(C2CCCCN2c2cccc(C#N)n2)n[nH]1. The Kier molecular flexibility index (Phi) is 4.30. The highest BCUT2D eigenvalue weighted by molar-refractivity contribution is 5.44. The molecule has 22 heavy (non-hydrogen) atoms. The molecular formula is C15H18N6O. The molecule has 3 rings (SSSR count). The minimum atomic E-state index is 0.0806. The van der Waals surface area contributed by atoms with Gasteiger partial charge in [-0.15, -0.1) is 0 Å². The first-order chi connectivity index (χ1) is 10.8. The molecule has 114 valence electrons. The monoisotopic (exact) mass is 298 g/mol. The van der Waals surface area contributed by atoms with Crippen LogP contribution >= 0.6 is 0 Å². The average molecular weight is 298 g/mol. The molecular weight excluding hydrogens is 280 g/mol. The van der Waals surface area contributed by atoms with E-state index in [2.05, 4.69) is 31.1 Å². The third-order valence-corrected chi connectivity index (χ3v) is 3.77. The van der Waals surface area contributed by atoms with Crippen molar-refractivity contribution in [3.05, 3.63) is 35.5 Å². The molecule has 3 heterocycles. The maximum Gasteiger partial charge on any atom is 0.173 e. The Morgan fingerprint density at radius 3 is 3.14 bits per heavy atom. The van der Waals surface area contributed by atoms with Gasteiger partial charge in [-0.05, 0) is 31.4 Å². The number of nitrogens with zero attached hydrogens (tertiary/aromatic N) is 5. The zero-order valence-corrected chi connectivity index (χ0v) is 12.5. The van der Waals surface area contributed by atoms with E-state index in [-0.39, 0.29) is 6.04 Å². The summed E-state index contributed by atoms with van der Waals surface area (Å²) < 4.78 is 5.07. The smallest absolute Gasteiger partial charge is 0.173 e. The molecule has 1 N–H and O–H groups in total. The van der Waals surface area contributed by atoms with Gasteiger partial charge in [-0.25, -0.2) is 9.97 Å². The van der Waals surface area contributed by atoms with Crippen LogP contribution in [0.2, 0.25) is 0 Å². The van der Waals surface area contributed by atoms with E-state index in [4.69, 9.17) is 10.00 Å². The fraction of sp³-hybridized carbons (Fsp3) is 0.467. The fourth-order valence-corrected chi connectivity index (χ4v) is 2.78. The van der Waals surface area contributed by atoms with Gasteiger partial charge in [0.15, 0.2) is 11.6 Å². The number of methoxy groups -OCH3 is 1. The predicted molar refractivity (Wildman–Crippen MR) is 80.0 cm³/mol. The highest BCUT2D eigenvalue weighted by atomic mass is 16.5. The first kappa shape index (κ1) is 14.5. The van der Waals surface area contributed by atoms with E-state index < -0.39 is 0 Å².